The van der Waals surface area contributed by atoms with Crippen molar-refractivity contribution in [3.63, 3.8) is 0 Å². The van der Waals surface area contributed by atoms with E-state index in [0.717, 1.165) is 23.4 Å². The topological polar surface area (TPSA) is 42.4 Å². The Morgan fingerprint density at radius 3 is 2.61 bits per heavy atom. The predicted octanol–water partition coefficient (Wildman–Crippen LogP) is 4.21. The van der Waals surface area contributed by atoms with Gasteiger partial charge in [0.2, 0.25) is 0 Å². The number of para-hydroxylation sites is 1. The first-order valence-electron chi connectivity index (χ1n) is 7.55. The quantitative estimate of drug-likeness (QED) is 0.704. The van der Waals surface area contributed by atoms with Crippen LogP contribution in [-0.4, -0.2) is 18.6 Å². The summed E-state index contributed by atoms with van der Waals surface area (Å²) in [6.07, 6.45) is 0.960. The second-order valence-electron chi connectivity index (χ2n) is 5.13. The van der Waals surface area contributed by atoms with Crippen LogP contribution in [0.1, 0.15) is 13.3 Å². The van der Waals surface area contributed by atoms with Crippen LogP contribution in [0.2, 0.25) is 0 Å². The number of ether oxygens (including phenoxy) is 1. The molecule has 0 amide bonds. The smallest absolute Gasteiger partial charge is 0.281 e. The van der Waals surface area contributed by atoms with Crippen LogP contribution in [0.25, 0.3) is 10.1 Å². The highest BCUT2D eigenvalue weighted by atomic mass is 32.1. The lowest BCUT2D eigenvalue weighted by molar-refractivity contribution is 0.420. The molecular formula is C18H18N2O2S. The Hall–Kier alpha value is -2.40. The van der Waals surface area contributed by atoms with Crippen molar-refractivity contribution in [3.8, 4) is 5.75 Å². The van der Waals surface area contributed by atoms with Gasteiger partial charge in [0.05, 0.1) is 17.2 Å². The molecule has 3 rings (SSSR count). The van der Waals surface area contributed by atoms with Gasteiger partial charge < -0.3 is 9.64 Å². The van der Waals surface area contributed by atoms with E-state index in [9.17, 15) is 4.79 Å². The summed E-state index contributed by atoms with van der Waals surface area (Å²) in [6.45, 7) is 2.91. The molecule has 0 unspecified atom stereocenters. The zero-order valence-electron chi connectivity index (χ0n) is 13.2. The molecule has 4 nitrogen and oxygen atoms in total. The van der Waals surface area contributed by atoms with Gasteiger partial charge in [-0.05, 0) is 30.7 Å². The van der Waals surface area contributed by atoms with Crippen molar-refractivity contribution in [2.75, 3.05) is 18.6 Å². The third-order valence-corrected chi connectivity index (χ3v) is 4.69. The molecule has 1 heterocycles. The molecule has 0 aliphatic rings. The molecule has 5 heteroatoms. The van der Waals surface area contributed by atoms with E-state index in [4.69, 9.17) is 4.74 Å². The average Bonchev–Trinajstić information content (AvgIpc) is 2.60. The third-order valence-electron chi connectivity index (χ3n) is 3.57. The molecule has 3 aromatic rings. The summed E-state index contributed by atoms with van der Waals surface area (Å²) in [6, 6.07) is 15.5. The maximum atomic E-state index is 12.4. The van der Waals surface area contributed by atoms with Crippen LogP contribution in [0.3, 0.4) is 0 Å². The fourth-order valence-corrected chi connectivity index (χ4v) is 3.63. The van der Waals surface area contributed by atoms with Crippen LogP contribution in [0.15, 0.2) is 53.3 Å². The average molecular weight is 326 g/mol. The maximum absolute atomic E-state index is 12.4. The van der Waals surface area contributed by atoms with Gasteiger partial charge in [0.1, 0.15) is 5.75 Å². The zero-order chi connectivity index (χ0) is 16.2. The number of anilines is 2. The molecule has 2 aromatic carbocycles. The van der Waals surface area contributed by atoms with E-state index in [2.05, 4.69) is 16.8 Å². The summed E-state index contributed by atoms with van der Waals surface area (Å²) in [7, 11) is 1.62. The minimum atomic E-state index is -0.218. The van der Waals surface area contributed by atoms with E-state index < -0.39 is 0 Å². The highest BCUT2D eigenvalue weighted by Gasteiger charge is 2.15. The van der Waals surface area contributed by atoms with E-state index in [-0.39, 0.29) is 5.56 Å². The van der Waals surface area contributed by atoms with E-state index in [1.54, 1.807) is 13.2 Å². The molecular weight excluding hydrogens is 308 g/mol. The first-order valence-corrected chi connectivity index (χ1v) is 8.36. The number of hydrogen-bond acceptors (Lipinski definition) is 5. The summed E-state index contributed by atoms with van der Waals surface area (Å²) in [5.74, 6) is 0.706. The SMILES string of the molecule is CCCN(c1ccccc1)c1nc(=O)c2cccc(OC)c2s1. The molecule has 0 aliphatic heterocycles. The summed E-state index contributed by atoms with van der Waals surface area (Å²) in [5, 5.41) is 1.29. The highest BCUT2D eigenvalue weighted by molar-refractivity contribution is 7.22. The number of fused-ring (bicyclic) bond motifs is 1. The van der Waals surface area contributed by atoms with Gasteiger partial charge in [-0.3, -0.25) is 4.79 Å². The van der Waals surface area contributed by atoms with Crippen LogP contribution in [0.5, 0.6) is 5.75 Å². The van der Waals surface area contributed by atoms with Crippen LogP contribution in [0.4, 0.5) is 10.8 Å². The van der Waals surface area contributed by atoms with Crippen molar-refractivity contribution >= 4 is 32.2 Å². The molecule has 0 spiro atoms. The van der Waals surface area contributed by atoms with Crippen LogP contribution in [-0.2, 0) is 0 Å². The Labute approximate surface area is 139 Å². The molecule has 0 bridgehead atoms. The Kier molecular flexibility index (Phi) is 4.57. The molecule has 0 N–H and O–H groups in total. The van der Waals surface area contributed by atoms with Crippen LogP contribution in [0, 0.1) is 0 Å². The number of benzene rings is 2. The lowest BCUT2D eigenvalue weighted by Crippen LogP contribution is -2.21. The van der Waals surface area contributed by atoms with Gasteiger partial charge in [-0.1, -0.05) is 42.5 Å². The van der Waals surface area contributed by atoms with Crippen molar-refractivity contribution in [2.24, 2.45) is 0 Å². The first-order chi connectivity index (χ1) is 11.2. The number of aromatic nitrogens is 1. The molecule has 0 saturated heterocycles. The number of hydrogen-bond donors (Lipinski definition) is 0. The fourth-order valence-electron chi connectivity index (χ4n) is 2.49. The number of rotatable bonds is 5. The van der Waals surface area contributed by atoms with Gasteiger partial charge in [-0.25, -0.2) is 0 Å². The Morgan fingerprint density at radius 2 is 1.91 bits per heavy atom. The summed E-state index contributed by atoms with van der Waals surface area (Å²) < 4.78 is 6.24. The molecule has 0 saturated carbocycles. The standard InChI is InChI=1S/C18H18N2O2S/c1-3-12-20(13-8-5-4-6-9-13)18-19-17(21)14-10-7-11-15(22-2)16(14)23-18/h4-11H,3,12H2,1-2H3. The van der Waals surface area contributed by atoms with Crippen molar-refractivity contribution in [3.05, 3.63) is 58.9 Å². The molecule has 0 atom stereocenters. The Bertz CT molecular complexity index is 862. The number of nitrogens with zero attached hydrogens (tertiary/aromatic N) is 2. The Morgan fingerprint density at radius 1 is 1.13 bits per heavy atom. The van der Waals surface area contributed by atoms with Gasteiger partial charge in [-0.15, -0.1) is 0 Å². The van der Waals surface area contributed by atoms with Crippen LogP contribution >= 0.6 is 11.3 Å². The highest BCUT2D eigenvalue weighted by Crippen LogP contribution is 2.34. The van der Waals surface area contributed by atoms with E-state index in [1.807, 2.05) is 42.5 Å². The Balaban J connectivity index is 2.19. The van der Waals surface area contributed by atoms with E-state index in [0.29, 0.717) is 16.3 Å². The van der Waals surface area contributed by atoms with Gasteiger partial charge in [0.25, 0.3) is 5.56 Å². The molecule has 0 fully saturated rings. The van der Waals surface area contributed by atoms with Gasteiger partial charge in [0, 0.05) is 12.2 Å². The lowest BCUT2D eigenvalue weighted by Gasteiger charge is -2.22. The molecule has 0 aliphatic carbocycles. The zero-order valence-corrected chi connectivity index (χ0v) is 14.0. The molecule has 23 heavy (non-hydrogen) atoms. The first kappa shape index (κ1) is 15.5. The molecule has 0 radical (unpaired) electrons. The van der Waals surface area contributed by atoms with E-state index >= 15 is 0 Å². The number of methoxy groups -OCH3 is 1. The summed E-state index contributed by atoms with van der Waals surface area (Å²) >= 11 is 1.48. The second kappa shape index (κ2) is 6.79. The maximum Gasteiger partial charge on any atom is 0.281 e. The van der Waals surface area contributed by atoms with Crippen molar-refractivity contribution in [1.29, 1.82) is 0 Å². The molecule has 118 valence electrons. The van der Waals surface area contributed by atoms with Gasteiger partial charge >= 0.3 is 0 Å². The normalized spacial score (nSPS) is 10.7. The van der Waals surface area contributed by atoms with Gasteiger partial charge in [-0.2, -0.15) is 4.98 Å². The largest absolute Gasteiger partial charge is 0.495 e. The molecule has 1 aromatic heterocycles. The minimum absolute atomic E-state index is 0.218. The predicted molar refractivity (Wildman–Crippen MR) is 96.2 cm³/mol. The van der Waals surface area contributed by atoms with Crippen LogP contribution < -0.4 is 15.2 Å². The second-order valence-corrected chi connectivity index (χ2v) is 6.10. The van der Waals surface area contributed by atoms with E-state index in [1.165, 1.54) is 11.3 Å². The van der Waals surface area contributed by atoms with Crippen molar-refractivity contribution in [1.82, 2.24) is 4.98 Å². The summed E-state index contributed by atoms with van der Waals surface area (Å²) in [5.41, 5.74) is 0.816. The lowest BCUT2D eigenvalue weighted by atomic mass is 10.2. The van der Waals surface area contributed by atoms with Crippen molar-refractivity contribution in [2.45, 2.75) is 13.3 Å². The van der Waals surface area contributed by atoms with Gasteiger partial charge in [0.15, 0.2) is 5.13 Å². The third kappa shape index (κ3) is 3.05. The fraction of sp³-hybridized carbons (Fsp3) is 0.222. The van der Waals surface area contributed by atoms with Crippen molar-refractivity contribution < 1.29 is 4.74 Å². The minimum Gasteiger partial charge on any atom is -0.495 e. The monoisotopic (exact) mass is 326 g/mol. The summed E-state index contributed by atoms with van der Waals surface area (Å²) in [4.78, 5) is 18.8.